The molecular weight excluding hydrogens is 458 g/mol. The molecule has 0 saturated carbocycles. The molecule has 34 heavy (non-hydrogen) atoms. The fraction of sp³-hybridized carbons (Fsp3) is 0.391. The van der Waals surface area contributed by atoms with E-state index in [1.807, 2.05) is 11.6 Å². The highest BCUT2D eigenvalue weighted by atomic mass is 35.5. The Hall–Kier alpha value is -3.55. The predicted octanol–water partition coefficient (Wildman–Crippen LogP) is 1.65. The molecule has 3 aromatic rings. The number of hydrogen-bond acceptors (Lipinski definition) is 7. The summed E-state index contributed by atoms with van der Waals surface area (Å²) in [7, 11) is 3.52. The van der Waals surface area contributed by atoms with Crippen molar-refractivity contribution < 1.29 is 9.53 Å². The number of fused-ring (bicyclic) bond motifs is 1. The second kappa shape index (κ2) is 10.6. The Balaban J connectivity index is 0.00000324. The summed E-state index contributed by atoms with van der Waals surface area (Å²) >= 11 is 0. The van der Waals surface area contributed by atoms with Gasteiger partial charge in [-0.3, -0.25) is 18.7 Å². The van der Waals surface area contributed by atoms with Crippen LogP contribution in [0.15, 0.2) is 29.1 Å². The number of hydrogen-bond donors (Lipinski definition) is 2. The smallest absolute Gasteiger partial charge is 0.306 e. The molecule has 1 saturated heterocycles. The topological polar surface area (TPSA) is 120 Å². The summed E-state index contributed by atoms with van der Waals surface area (Å²) in [6, 6.07) is 6.91. The summed E-state index contributed by atoms with van der Waals surface area (Å²) in [5, 5.41) is 3.33. The number of ether oxygens (including phenoxy) is 1. The molecule has 3 heterocycles. The number of likely N-dealkylation sites (N-methyl/N-ethyl adjacent to an activating group) is 1. The fourth-order valence-corrected chi connectivity index (χ4v) is 4.02. The molecule has 0 aliphatic carbocycles. The van der Waals surface area contributed by atoms with Crippen LogP contribution in [0.2, 0.25) is 0 Å². The number of halogens is 1. The number of aromatic nitrogens is 4. The molecule has 1 atom stereocenters. The largest absolute Gasteiger partial charge is 0.425 e. The molecule has 0 radical (unpaired) electrons. The number of nitrogens with two attached hydrogens (primary N) is 1. The molecule has 4 rings (SSSR count). The lowest BCUT2D eigenvalue weighted by atomic mass is 10.1. The lowest BCUT2D eigenvalue weighted by Gasteiger charge is -2.33. The van der Waals surface area contributed by atoms with E-state index in [1.54, 1.807) is 38.2 Å². The van der Waals surface area contributed by atoms with Gasteiger partial charge in [-0.25, -0.2) is 0 Å². The lowest BCUT2D eigenvalue weighted by molar-refractivity contribution is 0.0998. The van der Waals surface area contributed by atoms with Gasteiger partial charge in [0, 0.05) is 26.2 Å². The average molecular weight is 486 g/mol. The summed E-state index contributed by atoms with van der Waals surface area (Å²) in [4.78, 5) is 36.5. The standard InChI is InChI=1S/C23H27N7O3.ClH/c1-4-5-13-30-18-20(26-22(30)29-12-8-9-15(14-29)25-2)27-23(28(3)21(18)32)33-17-11-7-6-10-16(17)19(24)31;/h6-7,10-11,15,25H,8-9,12-14H2,1-3H3,(H2,24,31);1H. The molecule has 1 fully saturated rings. The van der Waals surface area contributed by atoms with Gasteiger partial charge < -0.3 is 20.7 Å². The molecule has 1 aliphatic heterocycles. The molecule has 1 aliphatic rings. The first-order chi connectivity index (χ1) is 15.9. The van der Waals surface area contributed by atoms with Crippen molar-refractivity contribution in [2.75, 3.05) is 25.0 Å². The van der Waals surface area contributed by atoms with E-state index in [1.165, 1.54) is 4.57 Å². The van der Waals surface area contributed by atoms with Crippen molar-refractivity contribution in [1.82, 2.24) is 24.4 Å². The number of imidazole rings is 1. The number of primary amides is 1. The molecule has 180 valence electrons. The average Bonchev–Trinajstić information content (AvgIpc) is 3.19. The van der Waals surface area contributed by atoms with E-state index in [0.29, 0.717) is 24.1 Å². The van der Waals surface area contributed by atoms with Crippen LogP contribution in [0.5, 0.6) is 11.8 Å². The predicted molar refractivity (Wildman–Crippen MR) is 133 cm³/mol. The number of nitrogens with one attached hydrogen (secondary N) is 1. The monoisotopic (exact) mass is 485 g/mol. The van der Waals surface area contributed by atoms with Gasteiger partial charge >= 0.3 is 6.01 Å². The van der Waals surface area contributed by atoms with E-state index in [9.17, 15) is 9.59 Å². The van der Waals surface area contributed by atoms with Crippen molar-refractivity contribution in [3.63, 3.8) is 0 Å². The molecule has 11 heteroatoms. The second-order valence-corrected chi connectivity index (χ2v) is 7.89. The number of carbonyl (C=O) groups is 1. The number of anilines is 1. The first kappa shape index (κ1) is 25.1. The van der Waals surface area contributed by atoms with Crippen molar-refractivity contribution in [2.24, 2.45) is 12.8 Å². The highest BCUT2D eigenvalue weighted by molar-refractivity contribution is 5.95. The number of amides is 1. The maximum Gasteiger partial charge on any atom is 0.306 e. The van der Waals surface area contributed by atoms with Crippen LogP contribution in [0.4, 0.5) is 5.95 Å². The number of benzene rings is 1. The SMILES string of the molecule is CC#CCn1c(N2CCCC(NC)C2)nc2nc(Oc3ccccc3C(N)=O)n(C)c(=O)c21.Cl. The summed E-state index contributed by atoms with van der Waals surface area (Å²) < 4.78 is 8.97. The van der Waals surface area contributed by atoms with Gasteiger partial charge in [0.05, 0.1) is 12.1 Å². The number of rotatable bonds is 6. The minimum Gasteiger partial charge on any atom is -0.425 e. The van der Waals surface area contributed by atoms with E-state index in [-0.39, 0.29) is 40.9 Å². The van der Waals surface area contributed by atoms with Crippen molar-refractivity contribution in [3.8, 4) is 23.6 Å². The molecule has 0 spiro atoms. The van der Waals surface area contributed by atoms with Crippen LogP contribution in [0.25, 0.3) is 11.2 Å². The zero-order valence-electron chi connectivity index (χ0n) is 19.4. The third-order valence-corrected chi connectivity index (χ3v) is 5.80. The fourth-order valence-electron chi connectivity index (χ4n) is 4.02. The van der Waals surface area contributed by atoms with E-state index in [4.69, 9.17) is 15.5 Å². The Morgan fingerprint density at radius 2 is 2.09 bits per heavy atom. The number of para-hydroxylation sites is 1. The van der Waals surface area contributed by atoms with Crippen molar-refractivity contribution in [1.29, 1.82) is 0 Å². The number of carbonyl (C=O) groups excluding carboxylic acids is 1. The van der Waals surface area contributed by atoms with Gasteiger partial charge in [0.25, 0.3) is 11.5 Å². The van der Waals surface area contributed by atoms with Crippen molar-refractivity contribution in [3.05, 3.63) is 40.2 Å². The second-order valence-electron chi connectivity index (χ2n) is 7.89. The van der Waals surface area contributed by atoms with E-state index >= 15 is 0 Å². The van der Waals surface area contributed by atoms with Gasteiger partial charge in [-0.1, -0.05) is 18.1 Å². The Morgan fingerprint density at radius 3 is 2.79 bits per heavy atom. The highest BCUT2D eigenvalue weighted by Crippen LogP contribution is 2.27. The third-order valence-electron chi connectivity index (χ3n) is 5.80. The molecule has 10 nitrogen and oxygen atoms in total. The zero-order chi connectivity index (χ0) is 23.5. The first-order valence-electron chi connectivity index (χ1n) is 10.8. The van der Waals surface area contributed by atoms with Crippen molar-refractivity contribution in [2.45, 2.75) is 32.4 Å². The zero-order valence-corrected chi connectivity index (χ0v) is 20.2. The van der Waals surface area contributed by atoms with E-state index < -0.39 is 5.91 Å². The molecule has 2 aromatic heterocycles. The Kier molecular flexibility index (Phi) is 7.81. The van der Waals surface area contributed by atoms with Crippen LogP contribution in [-0.4, -0.2) is 51.2 Å². The van der Waals surface area contributed by atoms with E-state index in [0.717, 1.165) is 25.9 Å². The first-order valence-corrected chi connectivity index (χ1v) is 10.8. The van der Waals surface area contributed by atoms with Gasteiger partial charge in [-0.2, -0.15) is 9.97 Å². The number of nitrogens with zero attached hydrogens (tertiary/aromatic N) is 5. The quantitative estimate of drug-likeness (QED) is 0.509. The van der Waals surface area contributed by atoms with Gasteiger partial charge in [-0.05, 0) is 38.9 Å². The van der Waals surface area contributed by atoms with Gasteiger partial charge in [0.1, 0.15) is 5.75 Å². The maximum atomic E-state index is 13.4. The normalized spacial score (nSPS) is 15.4. The Morgan fingerprint density at radius 1 is 1.32 bits per heavy atom. The lowest BCUT2D eigenvalue weighted by Crippen LogP contribution is -2.45. The Labute approximate surface area is 203 Å². The summed E-state index contributed by atoms with van der Waals surface area (Å²) in [6.45, 7) is 3.69. The highest BCUT2D eigenvalue weighted by Gasteiger charge is 2.26. The minimum absolute atomic E-state index is 0. The maximum absolute atomic E-state index is 13.4. The summed E-state index contributed by atoms with van der Waals surface area (Å²) in [5.41, 5.74) is 5.96. The van der Waals surface area contributed by atoms with Gasteiger partial charge in [-0.15, -0.1) is 18.3 Å². The van der Waals surface area contributed by atoms with Gasteiger partial charge in [0.2, 0.25) is 5.95 Å². The molecule has 0 bridgehead atoms. The summed E-state index contributed by atoms with van der Waals surface area (Å²) in [6.07, 6.45) is 2.09. The van der Waals surface area contributed by atoms with Crippen LogP contribution in [0.3, 0.4) is 0 Å². The Bertz CT molecular complexity index is 1320. The number of piperidine rings is 1. The third kappa shape index (κ3) is 4.71. The van der Waals surface area contributed by atoms with Crippen LogP contribution in [0.1, 0.15) is 30.1 Å². The van der Waals surface area contributed by atoms with Crippen LogP contribution in [-0.2, 0) is 13.6 Å². The van der Waals surface area contributed by atoms with E-state index in [2.05, 4.69) is 27.0 Å². The van der Waals surface area contributed by atoms with Crippen molar-refractivity contribution >= 4 is 35.4 Å². The molecular formula is C23H28ClN7O3. The molecule has 3 N–H and O–H groups in total. The van der Waals surface area contributed by atoms with Gasteiger partial charge in [0.15, 0.2) is 11.2 Å². The molecule has 1 unspecified atom stereocenters. The van der Waals surface area contributed by atoms with Crippen LogP contribution in [0, 0.1) is 11.8 Å². The van der Waals surface area contributed by atoms with Crippen LogP contribution >= 0.6 is 12.4 Å². The van der Waals surface area contributed by atoms with Crippen LogP contribution < -0.4 is 26.2 Å². The molecule has 1 amide bonds. The molecule has 1 aromatic carbocycles. The summed E-state index contributed by atoms with van der Waals surface area (Å²) in [5.74, 6) is 6.17. The minimum atomic E-state index is -0.634.